The molecule has 1 aliphatic rings. The lowest BCUT2D eigenvalue weighted by atomic mass is 9.76. The molecule has 0 amide bonds. The second-order valence-electron chi connectivity index (χ2n) is 19.5. The zero-order valence-electron chi connectivity index (χ0n) is 38.5. The minimum atomic E-state index is -0.366. The Balaban J connectivity index is 1.05. The van der Waals surface area contributed by atoms with Crippen LogP contribution in [-0.2, 0) is 16.2 Å². The molecular weight excluding hydrogens is 793 g/mol. The average molecular weight is 849 g/mol. The number of benzene rings is 7. The van der Waals surface area contributed by atoms with E-state index in [0.29, 0.717) is 6.67 Å². The van der Waals surface area contributed by atoms with Gasteiger partial charge in [0.2, 0.25) is 0 Å². The van der Waals surface area contributed by atoms with Crippen LogP contribution in [0.25, 0.3) is 38.8 Å². The van der Waals surface area contributed by atoms with Gasteiger partial charge < -0.3 is 14.5 Å². The molecule has 5 heteroatoms. The molecule has 0 bridgehead atoms. The Kier molecular flexibility index (Phi) is 10.5. The Morgan fingerprint density at radius 1 is 0.462 bits per heavy atom. The van der Waals surface area contributed by atoms with Crippen molar-refractivity contribution < 1.29 is 4.74 Å². The minimum Gasteiger partial charge on any atom is -0.457 e. The number of rotatable bonds is 10. The lowest BCUT2D eigenvalue weighted by Gasteiger charge is -2.28. The van der Waals surface area contributed by atoms with E-state index in [1.54, 1.807) is 0 Å². The van der Waals surface area contributed by atoms with E-state index in [9.17, 15) is 0 Å². The number of para-hydroxylation sites is 1. The summed E-state index contributed by atoms with van der Waals surface area (Å²) in [6.07, 6.45) is 6.29. The third kappa shape index (κ3) is 7.86. The summed E-state index contributed by atoms with van der Waals surface area (Å²) < 4.78 is 9.34. The van der Waals surface area contributed by atoms with Gasteiger partial charge in [0, 0.05) is 63.7 Å². The fraction of sp³-hybridized carbons (Fsp3) is 0.183. The first-order chi connectivity index (χ1) is 31.3. The van der Waals surface area contributed by atoms with E-state index >= 15 is 0 Å². The van der Waals surface area contributed by atoms with Crippen molar-refractivity contribution in [2.75, 3.05) is 16.5 Å². The van der Waals surface area contributed by atoms with Gasteiger partial charge >= 0.3 is 0 Å². The Morgan fingerprint density at radius 3 is 1.82 bits per heavy atom. The Labute approximate surface area is 383 Å². The molecule has 1 aliphatic heterocycles. The fourth-order valence-corrected chi connectivity index (χ4v) is 9.45. The van der Waals surface area contributed by atoms with Crippen LogP contribution >= 0.6 is 0 Å². The summed E-state index contributed by atoms with van der Waals surface area (Å²) >= 11 is 0. The maximum absolute atomic E-state index is 7.01. The van der Waals surface area contributed by atoms with Gasteiger partial charge in [0.15, 0.2) is 0 Å². The van der Waals surface area contributed by atoms with Crippen molar-refractivity contribution in [3.63, 3.8) is 0 Å². The highest BCUT2D eigenvalue weighted by Crippen LogP contribution is 2.45. The number of pyridine rings is 1. The Bertz CT molecular complexity index is 3190. The molecule has 0 radical (unpaired) electrons. The molecule has 3 heterocycles. The lowest BCUT2D eigenvalue weighted by molar-refractivity contribution is 0.481. The molecular formula is C60H56N4O. The zero-order valence-corrected chi connectivity index (χ0v) is 38.5. The molecule has 9 aromatic rings. The largest absolute Gasteiger partial charge is 0.457 e. The van der Waals surface area contributed by atoms with Crippen molar-refractivity contribution in [2.24, 2.45) is 0 Å². The molecule has 0 saturated heterocycles. The van der Waals surface area contributed by atoms with Crippen molar-refractivity contribution in [1.29, 1.82) is 0 Å². The lowest BCUT2D eigenvalue weighted by Crippen LogP contribution is -2.25. The molecule has 5 nitrogen and oxygen atoms in total. The number of fused-ring (bicyclic) bond motifs is 3. The predicted octanol–water partition coefficient (Wildman–Crippen LogP) is 15.3. The summed E-state index contributed by atoms with van der Waals surface area (Å²) in [5, 5.41) is 2.37. The van der Waals surface area contributed by atoms with Crippen LogP contribution in [0.15, 0.2) is 201 Å². The van der Waals surface area contributed by atoms with Crippen LogP contribution in [0.5, 0.6) is 11.5 Å². The molecule has 0 N–H and O–H groups in total. The quantitative estimate of drug-likeness (QED) is 0.137. The van der Waals surface area contributed by atoms with Crippen molar-refractivity contribution in [3.8, 4) is 28.4 Å². The van der Waals surface area contributed by atoms with Gasteiger partial charge in [-0.2, -0.15) is 0 Å². The molecule has 7 aromatic carbocycles. The molecule has 2 aromatic heterocycles. The maximum Gasteiger partial charge on any atom is 0.137 e. The van der Waals surface area contributed by atoms with Crippen LogP contribution in [0.1, 0.15) is 76.3 Å². The highest BCUT2D eigenvalue weighted by Gasteiger charge is 2.30. The van der Waals surface area contributed by atoms with Gasteiger partial charge in [0.25, 0.3) is 0 Å². The minimum absolute atomic E-state index is 0.00171. The summed E-state index contributed by atoms with van der Waals surface area (Å²) in [5.41, 5.74) is 12.4. The number of hydrogen-bond donors (Lipinski definition) is 0. The molecule has 0 fully saturated rings. The van der Waals surface area contributed by atoms with Crippen molar-refractivity contribution >= 4 is 33.2 Å². The molecule has 0 atom stereocenters. The van der Waals surface area contributed by atoms with E-state index in [4.69, 9.17) is 9.72 Å². The third-order valence-electron chi connectivity index (χ3n) is 13.4. The van der Waals surface area contributed by atoms with Crippen LogP contribution in [0.3, 0.4) is 0 Å². The van der Waals surface area contributed by atoms with E-state index in [0.717, 1.165) is 34.0 Å². The van der Waals surface area contributed by atoms with E-state index in [1.807, 2.05) is 6.20 Å². The highest BCUT2D eigenvalue weighted by atomic mass is 16.5. The first kappa shape index (κ1) is 41.6. The van der Waals surface area contributed by atoms with Gasteiger partial charge in [-0.05, 0) is 92.9 Å². The van der Waals surface area contributed by atoms with E-state index < -0.39 is 0 Å². The first-order valence-corrected chi connectivity index (χ1v) is 22.7. The number of aromatic nitrogens is 2. The smallest absolute Gasteiger partial charge is 0.137 e. The summed E-state index contributed by atoms with van der Waals surface area (Å²) in [6.45, 7) is 16.7. The summed E-state index contributed by atoms with van der Waals surface area (Å²) in [5.74, 6) is 2.41. The molecule has 0 spiro atoms. The van der Waals surface area contributed by atoms with Crippen molar-refractivity contribution in [3.05, 3.63) is 228 Å². The Morgan fingerprint density at radius 2 is 1.11 bits per heavy atom. The number of nitrogens with zero attached hydrogens (tertiary/aromatic N) is 4. The molecule has 0 unspecified atom stereocenters. The first-order valence-electron chi connectivity index (χ1n) is 22.7. The van der Waals surface area contributed by atoms with Crippen molar-refractivity contribution in [2.45, 2.75) is 64.7 Å². The maximum atomic E-state index is 7.01. The summed E-state index contributed by atoms with van der Waals surface area (Å²) in [4.78, 5) is 9.68. The molecule has 65 heavy (non-hydrogen) atoms. The van der Waals surface area contributed by atoms with Crippen LogP contribution < -0.4 is 14.5 Å². The molecule has 322 valence electrons. The van der Waals surface area contributed by atoms with Crippen LogP contribution in [0.4, 0.5) is 11.4 Å². The number of hydrogen-bond acceptors (Lipinski definition) is 4. The SMILES string of the molecule is CC(C)(C)c1cc(-c2ccccc2)cc(N2C=CN(c3cccc(Oc4cc(C(C)(C)c5ccccc5)c5c6ccccc6n(-c6cc(C(C)(C)c7ccccc7)ccn6)c5c4)c3)C2)c1. The average Bonchev–Trinajstić information content (AvgIpc) is 3.96. The molecule has 10 rings (SSSR count). The van der Waals surface area contributed by atoms with Crippen LogP contribution in [-0.4, -0.2) is 16.2 Å². The van der Waals surface area contributed by atoms with Gasteiger partial charge in [0.05, 0.1) is 17.7 Å². The van der Waals surface area contributed by atoms with E-state index in [-0.39, 0.29) is 16.2 Å². The number of ether oxygens (including phenoxy) is 1. The van der Waals surface area contributed by atoms with E-state index in [1.165, 1.54) is 55.4 Å². The van der Waals surface area contributed by atoms with Gasteiger partial charge in [-0.1, -0.05) is 170 Å². The van der Waals surface area contributed by atoms with Gasteiger partial charge in [-0.3, -0.25) is 4.57 Å². The number of anilines is 2. The van der Waals surface area contributed by atoms with Gasteiger partial charge in [0.1, 0.15) is 17.3 Å². The Hall–Kier alpha value is -7.37. The van der Waals surface area contributed by atoms with Crippen molar-refractivity contribution in [1.82, 2.24) is 9.55 Å². The third-order valence-corrected chi connectivity index (χ3v) is 13.4. The normalized spacial score (nSPS) is 13.3. The summed E-state index contributed by atoms with van der Waals surface area (Å²) in [6, 6.07) is 65.2. The van der Waals surface area contributed by atoms with Crippen LogP contribution in [0, 0.1) is 0 Å². The highest BCUT2D eigenvalue weighted by molar-refractivity contribution is 6.11. The van der Waals surface area contributed by atoms with Gasteiger partial charge in [-0.15, -0.1) is 0 Å². The zero-order chi connectivity index (χ0) is 44.9. The van der Waals surface area contributed by atoms with Crippen LogP contribution in [0.2, 0.25) is 0 Å². The second-order valence-corrected chi connectivity index (χ2v) is 19.5. The van der Waals surface area contributed by atoms with E-state index in [2.05, 4.69) is 257 Å². The van der Waals surface area contributed by atoms with Gasteiger partial charge in [-0.25, -0.2) is 4.98 Å². The standard InChI is InChI=1S/C60H56N4O/c1-58(2,3)47-34-43(42-20-11-8-12-21-42)35-49(36-47)63-33-32-62(41-63)48-26-19-27-50(38-48)65-51-39-53(60(6,7)45-24-15-10-16-25-45)57-52-28-17-18-29-54(52)64(55(57)40-51)56-37-46(30-31-61-56)59(4,5)44-22-13-9-14-23-44/h8-40H,41H2,1-7H3. The second kappa shape index (κ2) is 16.3. The fourth-order valence-electron chi connectivity index (χ4n) is 9.45. The summed E-state index contributed by atoms with van der Waals surface area (Å²) in [7, 11) is 0. The topological polar surface area (TPSA) is 33.5 Å². The monoisotopic (exact) mass is 848 g/mol. The predicted molar refractivity (Wildman–Crippen MR) is 272 cm³/mol. The molecule has 0 aliphatic carbocycles. The molecule has 0 saturated carbocycles.